The van der Waals surface area contributed by atoms with E-state index in [0.717, 1.165) is 29.9 Å². The zero-order chi connectivity index (χ0) is 23.3. The second kappa shape index (κ2) is 8.41. The average molecular weight is 451 g/mol. The SMILES string of the molecule is C=CC(CC)C1(C)Cc2ccc3c(oc4ccccc43)c2-c2cc(CC3CCCCC3)cc[n+]21. The molecule has 4 aromatic rings. The van der Waals surface area contributed by atoms with Crippen LogP contribution in [-0.4, -0.2) is 0 Å². The van der Waals surface area contributed by atoms with Gasteiger partial charge in [-0.1, -0.05) is 75.4 Å². The summed E-state index contributed by atoms with van der Waals surface area (Å²) in [4.78, 5) is 0. The van der Waals surface area contributed by atoms with Crippen molar-refractivity contribution in [3.05, 3.63) is 78.5 Å². The molecule has 2 aromatic heterocycles. The van der Waals surface area contributed by atoms with Gasteiger partial charge in [-0.15, -0.1) is 6.58 Å². The zero-order valence-corrected chi connectivity index (χ0v) is 20.6. The highest BCUT2D eigenvalue weighted by Gasteiger charge is 2.47. The molecule has 2 aliphatic rings. The van der Waals surface area contributed by atoms with Gasteiger partial charge in [-0.3, -0.25) is 0 Å². The molecule has 2 unspecified atom stereocenters. The van der Waals surface area contributed by atoms with E-state index in [9.17, 15) is 0 Å². The topological polar surface area (TPSA) is 17.0 Å². The Bertz CT molecular complexity index is 1370. The first-order valence-corrected chi connectivity index (χ1v) is 13.2. The highest BCUT2D eigenvalue weighted by Crippen LogP contribution is 2.44. The summed E-state index contributed by atoms with van der Waals surface area (Å²) in [6, 6.07) is 17.9. The van der Waals surface area contributed by atoms with Gasteiger partial charge in [0.1, 0.15) is 11.2 Å². The monoisotopic (exact) mass is 450 g/mol. The lowest BCUT2D eigenvalue weighted by Crippen LogP contribution is -2.62. The first-order chi connectivity index (χ1) is 16.6. The Morgan fingerprint density at radius 1 is 1.09 bits per heavy atom. The number of allylic oxidation sites excluding steroid dienone is 1. The number of furan rings is 1. The number of nitrogens with zero attached hydrogens (tertiary/aromatic N) is 1. The van der Waals surface area contributed by atoms with Crippen molar-refractivity contribution in [1.82, 2.24) is 0 Å². The molecule has 1 fully saturated rings. The maximum absolute atomic E-state index is 6.55. The quantitative estimate of drug-likeness (QED) is 0.221. The Hall–Kier alpha value is -2.87. The van der Waals surface area contributed by atoms with Crippen LogP contribution in [-0.2, 0) is 18.4 Å². The maximum atomic E-state index is 6.55. The van der Waals surface area contributed by atoms with Crippen molar-refractivity contribution in [2.45, 2.75) is 70.8 Å². The number of para-hydroxylation sites is 1. The smallest absolute Gasteiger partial charge is 0.217 e. The van der Waals surface area contributed by atoms with Crippen LogP contribution in [0.25, 0.3) is 33.2 Å². The molecule has 3 heterocycles. The molecule has 0 saturated heterocycles. The Labute approximate surface area is 203 Å². The van der Waals surface area contributed by atoms with E-state index in [4.69, 9.17) is 4.42 Å². The lowest BCUT2D eigenvalue weighted by Gasteiger charge is -2.36. The number of benzene rings is 2. The predicted molar refractivity (Wildman–Crippen MR) is 141 cm³/mol. The summed E-state index contributed by atoms with van der Waals surface area (Å²) in [5.41, 5.74) is 7.43. The van der Waals surface area contributed by atoms with Gasteiger partial charge in [0.25, 0.3) is 0 Å². The lowest BCUT2D eigenvalue weighted by atomic mass is 9.74. The van der Waals surface area contributed by atoms with Gasteiger partial charge in [0.2, 0.25) is 5.69 Å². The minimum Gasteiger partial charge on any atom is -0.455 e. The van der Waals surface area contributed by atoms with E-state index in [-0.39, 0.29) is 5.54 Å². The van der Waals surface area contributed by atoms with Crippen molar-refractivity contribution in [2.24, 2.45) is 11.8 Å². The van der Waals surface area contributed by atoms with Crippen molar-refractivity contribution >= 4 is 21.9 Å². The fourth-order valence-electron chi connectivity index (χ4n) is 6.93. The van der Waals surface area contributed by atoms with Gasteiger partial charge in [-0.25, -0.2) is 0 Å². The van der Waals surface area contributed by atoms with Crippen molar-refractivity contribution in [3.63, 3.8) is 0 Å². The molecule has 34 heavy (non-hydrogen) atoms. The summed E-state index contributed by atoms with van der Waals surface area (Å²) < 4.78 is 9.09. The third kappa shape index (κ3) is 3.34. The van der Waals surface area contributed by atoms with E-state index >= 15 is 0 Å². The van der Waals surface area contributed by atoms with Crippen LogP contribution in [0.4, 0.5) is 0 Å². The summed E-state index contributed by atoms with van der Waals surface area (Å²) in [6.07, 6.45) is 14.7. The summed E-state index contributed by atoms with van der Waals surface area (Å²) >= 11 is 0. The molecule has 174 valence electrons. The van der Waals surface area contributed by atoms with Gasteiger partial charge in [-0.2, -0.15) is 4.57 Å². The minimum absolute atomic E-state index is 0.0398. The number of pyridine rings is 1. The van der Waals surface area contributed by atoms with Crippen LogP contribution < -0.4 is 4.57 Å². The van der Waals surface area contributed by atoms with Gasteiger partial charge < -0.3 is 4.42 Å². The molecular formula is C32H36NO+. The molecule has 2 aromatic carbocycles. The molecule has 0 N–H and O–H groups in total. The molecule has 1 aliphatic heterocycles. The Balaban J connectivity index is 1.57. The van der Waals surface area contributed by atoms with Gasteiger partial charge in [0.15, 0.2) is 11.7 Å². The van der Waals surface area contributed by atoms with Crippen LogP contribution >= 0.6 is 0 Å². The van der Waals surface area contributed by atoms with Gasteiger partial charge in [0, 0.05) is 42.2 Å². The van der Waals surface area contributed by atoms with Crippen molar-refractivity contribution in [1.29, 1.82) is 0 Å². The number of rotatable bonds is 5. The number of hydrogen-bond donors (Lipinski definition) is 0. The second-order valence-corrected chi connectivity index (χ2v) is 10.9. The molecule has 0 radical (unpaired) electrons. The van der Waals surface area contributed by atoms with Crippen LogP contribution in [0.1, 0.15) is 63.5 Å². The van der Waals surface area contributed by atoms with Gasteiger partial charge in [-0.05, 0) is 36.0 Å². The van der Waals surface area contributed by atoms with Crippen molar-refractivity contribution in [2.75, 3.05) is 0 Å². The van der Waals surface area contributed by atoms with E-state index < -0.39 is 0 Å². The molecule has 0 amide bonds. The predicted octanol–water partition coefficient (Wildman–Crippen LogP) is 8.15. The standard InChI is InChI=1S/C32H36NO/c1-4-25(5-2)32(3)21-24-15-16-27-26-13-9-10-14-29(26)34-31(27)30(24)28-20-23(17-18-33(28)32)19-22-11-7-6-8-12-22/h4,9-10,13-18,20,22,25H,1,5-8,11-12,19,21H2,2-3H3/q+1. The summed E-state index contributed by atoms with van der Waals surface area (Å²) in [5, 5.41) is 2.43. The molecule has 1 saturated carbocycles. The molecule has 0 bridgehead atoms. The Kier molecular flexibility index (Phi) is 5.36. The van der Waals surface area contributed by atoms with Crippen molar-refractivity contribution < 1.29 is 8.98 Å². The summed E-state index contributed by atoms with van der Waals surface area (Å²) in [5.74, 6) is 1.23. The molecule has 2 atom stereocenters. The second-order valence-electron chi connectivity index (χ2n) is 10.9. The zero-order valence-electron chi connectivity index (χ0n) is 20.6. The van der Waals surface area contributed by atoms with E-state index in [2.05, 4.69) is 85.8 Å². The third-order valence-electron chi connectivity index (χ3n) is 8.78. The molecule has 1 aliphatic carbocycles. The van der Waals surface area contributed by atoms with Crippen LogP contribution in [0.5, 0.6) is 0 Å². The summed E-state index contributed by atoms with van der Waals surface area (Å²) in [7, 11) is 0. The maximum Gasteiger partial charge on any atom is 0.217 e. The van der Waals surface area contributed by atoms with E-state index in [1.165, 1.54) is 71.7 Å². The number of fused-ring (bicyclic) bond motifs is 7. The highest BCUT2D eigenvalue weighted by atomic mass is 16.3. The highest BCUT2D eigenvalue weighted by molar-refractivity contribution is 6.09. The average Bonchev–Trinajstić information content (AvgIpc) is 3.24. The first-order valence-electron chi connectivity index (χ1n) is 13.2. The molecule has 0 spiro atoms. The molecular weight excluding hydrogens is 414 g/mol. The fraction of sp³-hybridized carbons (Fsp3) is 0.406. The molecule has 2 nitrogen and oxygen atoms in total. The Morgan fingerprint density at radius 2 is 1.91 bits per heavy atom. The number of aromatic nitrogens is 1. The number of hydrogen-bond acceptors (Lipinski definition) is 1. The Morgan fingerprint density at radius 3 is 2.71 bits per heavy atom. The van der Waals surface area contributed by atoms with Crippen LogP contribution in [0.15, 0.2) is 71.8 Å². The normalized spacial score (nSPS) is 21.4. The summed E-state index contributed by atoms with van der Waals surface area (Å²) in [6.45, 7) is 8.92. The van der Waals surface area contributed by atoms with E-state index in [0.29, 0.717) is 5.92 Å². The van der Waals surface area contributed by atoms with Crippen molar-refractivity contribution in [3.8, 4) is 11.3 Å². The van der Waals surface area contributed by atoms with E-state index in [1.54, 1.807) is 0 Å². The largest absolute Gasteiger partial charge is 0.455 e. The minimum atomic E-state index is -0.0398. The van der Waals surface area contributed by atoms with Crippen LogP contribution in [0, 0.1) is 11.8 Å². The van der Waals surface area contributed by atoms with Crippen LogP contribution in [0.3, 0.4) is 0 Å². The lowest BCUT2D eigenvalue weighted by molar-refractivity contribution is -0.760. The fourth-order valence-corrected chi connectivity index (χ4v) is 6.93. The molecule has 2 heteroatoms. The molecule has 6 rings (SSSR count). The first kappa shape index (κ1) is 21.6. The van der Waals surface area contributed by atoms with E-state index in [1.807, 2.05) is 0 Å². The van der Waals surface area contributed by atoms with Gasteiger partial charge in [0.05, 0.1) is 5.56 Å². The third-order valence-corrected chi connectivity index (χ3v) is 8.78. The van der Waals surface area contributed by atoms with Crippen LogP contribution in [0.2, 0.25) is 0 Å². The van der Waals surface area contributed by atoms with Gasteiger partial charge >= 0.3 is 0 Å².